The van der Waals surface area contributed by atoms with E-state index in [1.165, 1.54) is 0 Å². The van der Waals surface area contributed by atoms with E-state index in [9.17, 15) is 0 Å². The Morgan fingerprint density at radius 3 is 2.50 bits per heavy atom. The number of rotatable bonds is 9. The molecule has 0 saturated carbocycles. The minimum absolute atomic E-state index is 0.273. The van der Waals surface area contributed by atoms with Crippen LogP contribution in [0.15, 0.2) is 23.9 Å². The second kappa shape index (κ2) is 15.9. The van der Waals surface area contributed by atoms with Crippen molar-refractivity contribution in [1.82, 2.24) is 5.32 Å². The van der Waals surface area contributed by atoms with Crippen molar-refractivity contribution in [3.05, 3.63) is 23.9 Å². The first kappa shape index (κ1) is 19.2. The molecule has 0 rings (SSSR count). The summed E-state index contributed by atoms with van der Waals surface area (Å²) in [4.78, 5) is 8.00. The van der Waals surface area contributed by atoms with Crippen molar-refractivity contribution in [2.45, 2.75) is 40.2 Å². The van der Waals surface area contributed by atoms with Gasteiger partial charge in [0.05, 0.1) is 19.3 Å². The van der Waals surface area contributed by atoms with E-state index in [0.29, 0.717) is 19.9 Å². The van der Waals surface area contributed by atoms with Crippen LogP contribution in [0.5, 0.6) is 0 Å². The van der Waals surface area contributed by atoms with Crippen LogP contribution in [0.1, 0.15) is 34.1 Å². The van der Waals surface area contributed by atoms with Crippen LogP contribution in [0.25, 0.3) is 0 Å². The normalized spacial score (nSPS) is 11.5. The van der Waals surface area contributed by atoms with Gasteiger partial charge in [0.25, 0.3) is 0 Å². The third-order valence-corrected chi connectivity index (χ3v) is 1.83. The number of nitrogens with one attached hydrogen (secondary N) is 1. The molecule has 0 bridgehead atoms. The molecule has 0 aromatic rings. The van der Waals surface area contributed by atoms with E-state index >= 15 is 0 Å². The molecule has 0 aliphatic carbocycles. The zero-order chi connectivity index (χ0) is 14.2. The van der Waals surface area contributed by atoms with E-state index in [2.05, 4.69) is 18.3 Å². The highest BCUT2D eigenvalue weighted by atomic mass is 16.5. The summed E-state index contributed by atoms with van der Waals surface area (Å²) in [6.07, 6.45) is 7.47. The molecule has 0 atom stereocenters. The minimum atomic E-state index is 0.273. The van der Waals surface area contributed by atoms with Gasteiger partial charge in [-0.15, -0.1) is 0 Å². The van der Waals surface area contributed by atoms with E-state index in [-0.39, 0.29) is 6.10 Å². The van der Waals surface area contributed by atoms with Gasteiger partial charge in [0.1, 0.15) is 13.5 Å². The number of hydrogen-bond acceptors (Lipinski definition) is 4. The first-order chi connectivity index (χ1) is 8.70. The smallest absolute Gasteiger partial charge is 0.116 e. The molecule has 4 nitrogen and oxygen atoms in total. The Balaban J connectivity index is 0. The van der Waals surface area contributed by atoms with Crippen molar-refractivity contribution in [3.8, 4) is 0 Å². The lowest BCUT2D eigenvalue weighted by molar-refractivity contribution is -0.0979. The summed E-state index contributed by atoms with van der Waals surface area (Å²) in [7, 11) is 0. The van der Waals surface area contributed by atoms with E-state index in [1.54, 1.807) is 0 Å². The highest BCUT2D eigenvalue weighted by Gasteiger charge is 1.93. The quantitative estimate of drug-likeness (QED) is 0.392. The van der Waals surface area contributed by atoms with Gasteiger partial charge in [-0.1, -0.05) is 19.1 Å². The second-order valence-electron chi connectivity index (χ2n) is 3.72. The zero-order valence-corrected chi connectivity index (χ0v) is 12.1. The molecule has 0 aromatic heterocycles. The predicted molar refractivity (Wildman–Crippen MR) is 75.4 cm³/mol. The van der Waals surface area contributed by atoms with Crippen LogP contribution >= 0.6 is 0 Å². The summed E-state index contributed by atoms with van der Waals surface area (Å²) < 4.78 is 10.8. The van der Waals surface area contributed by atoms with Crippen LogP contribution in [0, 0.1) is 0 Å². The molecule has 4 heteroatoms. The van der Waals surface area contributed by atoms with Crippen molar-refractivity contribution in [1.29, 1.82) is 0 Å². The number of carbonyl (C=O) groups is 1. The second-order valence-corrected chi connectivity index (χ2v) is 3.72. The van der Waals surface area contributed by atoms with Gasteiger partial charge in [-0.3, -0.25) is 0 Å². The fourth-order valence-corrected chi connectivity index (χ4v) is 1.15. The lowest BCUT2D eigenvalue weighted by Crippen LogP contribution is -2.19. The van der Waals surface area contributed by atoms with Crippen LogP contribution < -0.4 is 5.32 Å². The lowest BCUT2D eigenvalue weighted by Gasteiger charge is -2.10. The highest BCUT2D eigenvalue weighted by Crippen LogP contribution is 1.94. The molecule has 0 radical (unpaired) electrons. The summed E-state index contributed by atoms with van der Waals surface area (Å²) >= 11 is 0. The minimum Gasteiger partial charge on any atom is -0.376 e. The van der Waals surface area contributed by atoms with Crippen molar-refractivity contribution < 1.29 is 14.3 Å². The van der Waals surface area contributed by atoms with Crippen LogP contribution in [0.2, 0.25) is 0 Å². The summed E-state index contributed by atoms with van der Waals surface area (Å²) in [6, 6.07) is 0. The number of ether oxygens (including phenoxy) is 2. The fraction of sp³-hybridized carbons (Fsp3) is 0.643. The Kier molecular flexibility index (Phi) is 16.9. The number of hydrogen-bond donors (Lipinski definition) is 1. The summed E-state index contributed by atoms with van der Waals surface area (Å²) in [5.41, 5.74) is 1.11. The molecule has 0 saturated heterocycles. The van der Waals surface area contributed by atoms with Crippen LogP contribution in [-0.4, -0.2) is 32.8 Å². The monoisotopic (exact) mass is 257 g/mol. The average Bonchev–Trinajstić information content (AvgIpc) is 2.36. The molecule has 0 aliphatic heterocycles. The van der Waals surface area contributed by atoms with E-state index in [4.69, 9.17) is 14.3 Å². The maximum absolute atomic E-state index is 8.00. The zero-order valence-electron chi connectivity index (χ0n) is 12.1. The van der Waals surface area contributed by atoms with Crippen LogP contribution in [0.4, 0.5) is 0 Å². The third kappa shape index (κ3) is 14.9. The molecule has 0 fully saturated rings. The van der Waals surface area contributed by atoms with Crippen molar-refractivity contribution >= 4 is 6.79 Å². The molecule has 106 valence electrons. The third-order valence-electron chi connectivity index (χ3n) is 1.83. The Hall–Kier alpha value is -1.13. The van der Waals surface area contributed by atoms with Crippen molar-refractivity contribution in [2.24, 2.45) is 0 Å². The molecule has 0 unspecified atom stereocenters. The van der Waals surface area contributed by atoms with Crippen molar-refractivity contribution in [2.75, 3.05) is 19.9 Å². The Bertz CT molecular complexity index is 225. The van der Waals surface area contributed by atoms with Crippen LogP contribution in [-0.2, 0) is 14.3 Å². The Morgan fingerprint density at radius 2 is 2.00 bits per heavy atom. The molecule has 18 heavy (non-hydrogen) atoms. The average molecular weight is 257 g/mol. The standard InChI is InChI=1S/C13H25NO2.CH2O/c1-5-7-13(8-6-2)14-11-15-9-10-16-12(3)4;1-2/h5,7-8,12,14H,6,9-11H2,1-4H3;1H2/b7-5-,13-8+;. The molecule has 0 aromatic carbocycles. The molecular weight excluding hydrogens is 230 g/mol. The fourth-order valence-electron chi connectivity index (χ4n) is 1.15. The molecule has 0 spiro atoms. The van der Waals surface area contributed by atoms with E-state index in [0.717, 1.165) is 12.1 Å². The largest absolute Gasteiger partial charge is 0.376 e. The maximum atomic E-state index is 8.00. The van der Waals surface area contributed by atoms with Gasteiger partial charge in [-0.05, 0) is 33.3 Å². The first-order valence-corrected chi connectivity index (χ1v) is 6.25. The summed E-state index contributed by atoms with van der Waals surface area (Å²) in [5, 5.41) is 3.21. The summed E-state index contributed by atoms with van der Waals surface area (Å²) in [6.45, 7) is 12.0. The highest BCUT2D eigenvalue weighted by molar-refractivity contribution is 5.15. The molecular formula is C14H27NO3. The van der Waals surface area contributed by atoms with E-state index < -0.39 is 0 Å². The van der Waals surface area contributed by atoms with Crippen LogP contribution in [0.3, 0.4) is 0 Å². The summed E-state index contributed by atoms with van der Waals surface area (Å²) in [5.74, 6) is 0. The first-order valence-electron chi connectivity index (χ1n) is 6.25. The SMILES string of the molecule is C/C=C\C(=C/CC)NCOCCOC(C)C.C=O. The van der Waals surface area contributed by atoms with Crippen molar-refractivity contribution in [3.63, 3.8) is 0 Å². The Morgan fingerprint density at radius 1 is 1.33 bits per heavy atom. The van der Waals surface area contributed by atoms with Gasteiger partial charge in [0, 0.05) is 5.70 Å². The lowest BCUT2D eigenvalue weighted by atomic mass is 10.3. The van der Waals surface area contributed by atoms with Gasteiger partial charge < -0.3 is 19.6 Å². The van der Waals surface area contributed by atoms with Gasteiger partial charge in [0.15, 0.2) is 0 Å². The maximum Gasteiger partial charge on any atom is 0.116 e. The number of allylic oxidation sites excluding steroid dienone is 3. The topological polar surface area (TPSA) is 47.6 Å². The molecule has 0 amide bonds. The molecule has 0 aliphatic rings. The molecule has 1 N–H and O–H groups in total. The van der Waals surface area contributed by atoms with Gasteiger partial charge in [-0.2, -0.15) is 0 Å². The van der Waals surface area contributed by atoms with Gasteiger partial charge >= 0.3 is 0 Å². The van der Waals surface area contributed by atoms with E-state index in [1.807, 2.05) is 39.7 Å². The van der Waals surface area contributed by atoms with Gasteiger partial charge in [0.2, 0.25) is 0 Å². The van der Waals surface area contributed by atoms with Gasteiger partial charge in [-0.25, -0.2) is 0 Å². The Labute approximate surface area is 111 Å². The molecule has 0 heterocycles. The predicted octanol–water partition coefficient (Wildman–Crippen LogP) is 2.66. The number of carbonyl (C=O) groups excluding carboxylic acids is 1.